The van der Waals surface area contributed by atoms with Crippen LogP contribution in [0.1, 0.15) is 53.4 Å². The Labute approximate surface area is 104 Å². The fourth-order valence-electron chi connectivity index (χ4n) is 2.83. The molecule has 0 bridgehead atoms. The van der Waals surface area contributed by atoms with Crippen LogP contribution in [0.4, 0.5) is 4.79 Å². The lowest BCUT2D eigenvalue weighted by atomic mass is 9.81. The van der Waals surface area contributed by atoms with Gasteiger partial charge in [0.15, 0.2) is 0 Å². The first-order valence-electron chi connectivity index (χ1n) is 6.44. The summed E-state index contributed by atoms with van der Waals surface area (Å²) in [6, 6.07) is 0.0995. The molecular weight excluding hydrogens is 218 g/mol. The van der Waals surface area contributed by atoms with Crippen molar-refractivity contribution in [3.63, 3.8) is 0 Å². The van der Waals surface area contributed by atoms with Crippen molar-refractivity contribution in [3.8, 4) is 0 Å². The van der Waals surface area contributed by atoms with Gasteiger partial charge in [-0.2, -0.15) is 0 Å². The van der Waals surface area contributed by atoms with E-state index in [1.165, 1.54) is 0 Å². The third kappa shape index (κ3) is 3.60. The van der Waals surface area contributed by atoms with Gasteiger partial charge in [0.2, 0.25) is 0 Å². The minimum absolute atomic E-state index is 0.0995. The largest absolute Gasteiger partial charge is 0.465 e. The molecule has 17 heavy (non-hydrogen) atoms. The molecular formula is C13H25NO3. The van der Waals surface area contributed by atoms with Crippen LogP contribution in [0, 0.1) is 5.92 Å². The van der Waals surface area contributed by atoms with Gasteiger partial charge in [0.1, 0.15) is 0 Å². The summed E-state index contributed by atoms with van der Waals surface area (Å²) >= 11 is 0. The molecule has 1 saturated carbocycles. The maximum Gasteiger partial charge on any atom is 0.407 e. The smallest absolute Gasteiger partial charge is 0.407 e. The summed E-state index contributed by atoms with van der Waals surface area (Å²) in [6.07, 6.45) is 2.45. The summed E-state index contributed by atoms with van der Waals surface area (Å²) in [5.74, 6) is 0.335. The summed E-state index contributed by atoms with van der Waals surface area (Å²) in [5, 5.41) is 18.9. The first-order valence-corrected chi connectivity index (χ1v) is 6.44. The van der Waals surface area contributed by atoms with Crippen LogP contribution in [0.3, 0.4) is 0 Å². The molecule has 0 aromatic rings. The molecule has 1 unspecified atom stereocenters. The normalized spacial score (nSPS) is 27.6. The number of hydrogen-bond donors (Lipinski definition) is 2. The highest BCUT2D eigenvalue weighted by Crippen LogP contribution is 2.32. The third-order valence-electron chi connectivity index (χ3n) is 3.72. The Morgan fingerprint density at radius 1 is 1.24 bits per heavy atom. The van der Waals surface area contributed by atoms with E-state index in [-0.39, 0.29) is 17.7 Å². The van der Waals surface area contributed by atoms with Crippen LogP contribution in [0.5, 0.6) is 0 Å². The van der Waals surface area contributed by atoms with E-state index in [2.05, 4.69) is 0 Å². The molecule has 1 atom stereocenters. The lowest BCUT2D eigenvalue weighted by molar-refractivity contribution is 0.0316. The molecule has 0 aromatic carbocycles. The molecule has 0 aliphatic heterocycles. The Bertz CT molecular complexity index is 262. The van der Waals surface area contributed by atoms with Gasteiger partial charge in [-0.25, -0.2) is 4.79 Å². The summed E-state index contributed by atoms with van der Waals surface area (Å²) < 4.78 is 0. The third-order valence-corrected chi connectivity index (χ3v) is 3.72. The molecule has 2 N–H and O–H groups in total. The van der Waals surface area contributed by atoms with Gasteiger partial charge >= 0.3 is 6.09 Å². The molecule has 1 aliphatic rings. The average molecular weight is 243 g/mol. The number of aliphatic hydroxyl groups is 1. The number of carbonyl (C=O) groups is 1. The van der Waals surface area contributed by atoms with Crippen molar-refractivity contribution in [2.75, 3.05) is 0 Å². The molecule has 1 amide bonds. The number of aliphatic hydroxyl groups excluding tert-OH is 1. The molecule has 1 rings (SSSR count). The molecule has 4 heteroatoms. The van der Waals surface area contributed by atoms with E-state index in [1.807, 2.05) is 27.7 Å². The van der Waals surface area contributed by atoms with Crippen molar-refractivity contribution in [2.24, 2.45) is 5.92 Å². The van der Waals surface area contributed by atoms with Crippen molar-refractivity contribution in [2.45, 2.75) is 71.1 Å². The van der Waals surface area contributed by atoms with Gasteiger partial charge in [0.05, 0.1) is 6.10 Å². The number of carboxylic acid groups (broad SMARTS) is 1. The van der Waals surface area contributed by atoms with Crippen molar-refractivity contribution < 1.29 is 15.0 Å². The van der Waals surface area contributed by atoms with Crippen LogP contribution < -0.4 is 0 Å². The number of hydrogen-bond acceptors (Lipinski definition) is 2. The van der Waals surface area contributed by atoms with E-state index >= 15 is 0 Å². The van der Waals surface area contributed by atoms with E-state index in [0.717, 1.165) is 25.7 Å². The zero-order valence-corrected chi connectivity index (χ0v) is 11.3. The molecule has 1 fully saturated rings. The first-order chi connectivity index (χ1) is 7.73. The fraction of sp³-hybridized carbons (Fsp3) is 0.923. The predicted molar refractivity (Wildman–Crippen MR) is 67.0 cm³/mol. The summed E-state index contributed by atoms with van der Waals surface area (Å²) in [7, 11) is 0. The van der Waals surface area contributed by atoms with Gasteiger partial charge in [0.25, 0.3) is 0 Å². The second kappa shape index (κ2) is 5.25. The van der Waals surface area contributed by atoms with E-state index in [4.69, 9.17) is 0 Å². The van der Waals surface area contributed by atoms with Gasteiger partial charge < -0.3 is 15.1 Å². The highest BCUT2D eigenvalue weighted by atomic mass is 16.4. The molecule has 1 aliphatic carbocycles. The van der Waals surface area contributed by atoms with Crippen molar-refractivity contribution in [3.05, 3.63) is 0 Å². The van der Waals surface area contributed by atoms with Gasteiger partial charge in [-0.05, 0) is 59.3 Å². The molecule has 0 saturated heterocycles. The van der Waals surface area contributed by atoms with Crippen LogP contribution in [-0.4, -0.2) is 38.9 Å². The standard InChI is InChI=1S/C13H25NO3/c1-9(15)10-5-7-11(8-6-10)14(12(16)17)13(2,3)4/h9-11,15H,5-8H2,1-4H3,(H,16,17). The lowest BCUT2D eigenvalue weighted by Crippen LogP contribution is -2.52. The van der Waals surface area contributed by atoms with Crippen LogP contribution >= 0.6 is 0 Å². The maximum atomic E-state index is 11.3. The molecule has 0 heterocycles. The Kier molecular flexibility index (Phi) is 4.42. The van der Waals surface area contributed by atoms with Crippen LogP contribution in [0.25, 0.3) is 0 Å². The average Bonchev–Trinajstić information content (AvgIpc) is 2.15. The van der Waals surface area contributed by atoms with Crippen molar-refractivity contribution >= 4 is 6.09 Å². The van der Waals surface area contributed by atoms with E-state index in [9.17, 15) is 15.0 Å². The molecule has 100 valence electrons. The summed E-state index contributed by atoms with van der Waals surface area (Å²) in [4.78, 5) is 12.9. The molecule has 0 spiro atoms. The quantitative estimate of drug-likeness (QED) is 0.784. The Balaban J connectivity index is 2.65. The van der Waals surface area contributed by atoms with E-state index in [0.29, 0.717) is 5.92 Å². The maximum absolute atomic E-state index is 11.3. The zero-order chi connectivity index (χ0) is 13.2. The predicted octanol–water partition coefficient (Wildman–Crippen LogP) is 2.70. The van der Waals surface area contributed by atoms with E-state index in [1.54, 1.807) is 4.90 Å². The number of rotatable bonds is 2. The summed E-state index contributed by atoms with van der Waals surface area (Å²) in [5.41, 5.74) is -0.353. The molecule has 0 radical (unpaired) electrons. The Morgan fingerprint density at radius 3 is 2.00 bits per heavy atom. The summed E-state index contributed by atoms with van der Waals surface area (Å²) in [6.45, 7) is 7.62. The number of nitrogens with zero attached hydrogens (tertiary/aromatic N) is 1. The van der Waals surface area contributed by atoms with Crippen LogP contribution in [0.15, 0.2) is 0 Å². The minimum Gasteiger partial charge on any atom is -0.465 e. The van der Waals surface area contributed by atoms with Gasteiger partial charge in [0, 0.05) is 11.6 Å². The molecule has 4 nitrogen and oxygen atoms in total. The van der Waals surface area contributed by atoms with Crippen LogP contribution in [-0.2, 0) is 0 Å². The number of amides is 1. The highest BCUT2D eigenvalue weighted by Gasteiger charge is 2.36. The SMILES string of the molecule is CC(O)C1CCC(N(C(=O)O)C(C)(C)C)CC1. The van der Waals surface area contributed by atoms with Gasteiger partial charge in [-0.3, -0.25) is 0 Å². The van der Waals surface area contributed by atoms with Crippen molar-refractivity contribution in [1.82, 2.24) is 4.90 Å². The van der Waals surface area contributed by atoms with Crippen molar-refractivity contribution in [1.29, 1.82) is 0 Å². The van der Waals surface area contributed by atoms with Crippen LogP contribution in [0.2, 0.25) is 0 Å². The first kappa shape index (κ1) is 14.3. The second-order valence-corrected chi connectivity index (χ2v) is 6.13. The topological polar surface area (TPSA) is 60.8 Å². The monoisotopic (exact) mass is 243 g/mol. The lowest BCUT2D eigenvalue weighted by Gasteiger charge is -2.43. The van der Waals surface area contributed by atoms with Gasteiger partial charge in [-0.15, -0.1) is 0 Å². The highest BCUT2D eigenvalue weighted by molar-refractivity contribution is 5.66. The fourth-order valence-corrected chi connectivity index (χ4v) is 2.83. The Morgan fingerprint density at radius 2 is 1.71 bits per heavy atom. The second-order valence-electron chi connectivity index (χ2n) is 6.13. The Hall–Kier alpha value is -0.770. The van der Waals surface area contributed by atoms with Gasteiger partial charge in [-0.1, -0.05) is 0 Å². The minimum atomic E-state index is -0.835. The van der Waals surface area contributed by atoms with E-state index < -0.39 is 6.09 Å². The zero-order valence-electron chi connectivity index (χ0n) is 11.3. The molecule has 0 aromatic heterocycles.